The smallest absolute Gasteiger partial charge is 0.224 e. The number of aromatic nitrogens is 4. The summed E-state index contributed by atoms with van der Waals surface area (Å²) >= 11 is 0. The van der Waals surface area contributed by atoms with Crippen LogP contribution in [0.1, 0.15) is 66.1 Å². The summed E-state index contributed by atoms with van der Waals surface area (Å²) in [6.07, 6.45) is 0.151. The number of amidine groups is 1. The van der Waals surface area contributed by atoms with E-state index in [1.165, 1.54) is 0 Å². The quantitative estimate of drug-likeness (QED) is 0.336. The van der Waals surface area contributed by atoms with Gasteiger partial charge in [-0.05, 0) is 42.2 Å². The van der Waals surface area contributed by atoms with Crippen molar-refractivity contribution < 1.29 is 19.1 Å². The molecule has 3 N–H and O–H groups in total. The molecular weight excluding hydrogens is 524 g/mol. The summed E-state index contributed by atoms with van der Waals surface area (Å²) < 4.78 is 11.9. The summed E-state index contributed by atoms with van der Waals surface area (Å²) in [7, 11) is 1.59. The zero-order valence-electron chi connectivity index (χ0n) is 24.1. The van der Waals surface area contributed by atoms with Crippen LogP contribution in [-0.2, 0) is 29.7 Å². The van der Waals surface area contributed by atoms with E-state index in [1.807, 2.05) is 31.2 Å². The highest BCUT2D eigenvalue weighted by Gasteiger charge is 2.32. The fourth-order valence-corrected chi connectivity index (χ4v) is 5.24. The number of H-pyrrole nitrogens is 1. The Hall–Kier alpha value is -4.48. The Morgan fingerprint density at radius 1 is 1.20 bits per heavy atom. The second kappa shape index (κ2) is 11.2. The van der Waals surface area contributed by atoms with Crippen LogP contribution in [0.5, 0.6) is 11.5 Å². The van der Waals surface area contributed by atoms with Crippen molar-refractivity contribution in [3.63, 3.8) is 0 Å². The second-order valence-corrected chi connectivity index (χ2v) is 11.2. The molecule has 2 aromatic carbocycles. The lowest BCUT2D eigenvalue weighted by Gasteiger charge is -2.35. The monoisotopic (exact) mass is 560 g/mol. The molecule has 1 amide bonds. The van der Waals surface area contributed by atoms with E-state index >= 15 is 0 Å². The van der Waals surface area contributed by atoms with Gasteiger partial charge in [-0.1, -0.05) is 26.0 Å². The molecular formula is C29H36N8O4. The number of likely N-dealkylation sites (N-methyl/N-ethyl adjacent to an activating group) is 1. The van der Waals surface area contributed by atoms with Crippen molar-refractivity contribution in [2.75, 3.05) is 38.3 Å². The molecule has 41 heavy (non-hydrogen) atoms. The number of Topliss-reactive ketones (excluding diaryl/α,β-unsaturated/α-hetero) is 1. The maximum Gasteiger partial charge on any atom is 0.224 e. The third-order valence-electron chi connectivity index (χ3n) is 7.35. The molecule has 2 aliphatic rings. The molecule has 0 fully saturated rings. The topological polar surface area (TPSA) is 149 Å². The molecule has 0 unspecified atom stereocenters. The number of benzene rings is 2. The Morgan fingerprint density at radius 2 is 2.00 bits per heavy atom. The Kier molecular flexibility index (Phi) is 7.65. The number of ether oxygens (including phenoxy) is 2. The van der Waals surface area contributed by atoms with E-state index in [4.69, 9.17) is 14.9 Å². The zero-order chi connectivity index (χ0) is 29.3. The lowest BCUT2D eigenvalue weighted by molar-refractivity contribution is -0.119. The number of fused-ring (bicyclic) bond motifs is 2. The van der Waals surface area contributed by atoms with Crippen LogP contribution in [0.4, 0.5) is 5.69 Å². The van der Waals surface area contributed by atoms with Crippen LogP contribution in [0, 0.1) is 5.41 Å². The summed E-state index contributed by atoms with van der Waals surface area (Å²) in [6.45, 7) is 10.6. The van der Waals surface area contributed by atoms with Gasteiger partial charge in [-0.2, -0.15) is 5.21 Å². The summed E-state index contributed by atoms with van der Waals surface area (Å²) in [5.41, 5.74) is 4.36. The number of carbonyl (C=O) groups excluding carboxylic acids is 2. The largest absolute Gasteiger partial charge is 0.494 e. The van der Waals surface area contributed by atoms with Gasteiger partial charge in [0.2, 0.25) is 5.91 Å². The van der Waals surface area contributed by atoms with Crippen molar-refractivity contribution in [2.24, 2.45) is 0 Å². The first-order valence-corrected chi connectivity index (χ1v) is 13.7. The molecule has 3 heterocycles. The van der Waals surface area contributed by atoms with E-state index in [1.54, 1.807) is 11.9 Å². The first-order valence-electron chi connectivity index (χ1n) is 13.7. The van der Waals surface area contributed by atoms with Gasteiger partial charge in [0.25, 0.3) is 0 Å². The fraction of sp³-hybridized carbons (Fsp3) is 0.448. The molecule has 0 spiro atoms. The number of carbonyl (C=O) groups is 2. The van der Waals surface area contributed by atoms with Crippen molar-refractivity contribution in [1.29, 1.82) is 5.41 Å². The molecule has 1 aromatic heterocycles. The average Bonchev–Trinajstić information content (AvgIpc) is 3.55. The predicted octanol–water partition coefficient (Wildman–Crippen LogP) is 2.61. The van der Waals surface area contributed by atoms with Crippen LogP contribution in [-0.4, -0.2) is 76.4 Å². The highest BCUT2D eigenvalue weighted by molar-refractivity contribution is 6.06. The molecule has 2 aliphatic heterocycles. The average molecular weight is 561 g/mol. The molecule has 0 saturated carbocycles. The van der Waals surface area contributed by atoms with Gasteiger partial charge >= 0.3 is 0 Å². The molecule has 216 valence electrons. The van der Waals surface area contributed by atoms with Crippen molar-refractivity contribution in [1.82, 2.24) is 30.8 Å². The van der Waals surface area contributed by atoms with Gasteiger partial charge in [0.05, 0.1) is 38.3 Å². The van der Waals surface area contributed by atoms with Crippen molar-refractivity contribution in [3.05, 3.63) is 57.9 Å². The van der Waals surface area contributed by atoms with Gasteiger partial charge in [0.1, 0.15) is 23.9 Å². The Labute approximate surface area is 238 Å². The van der Waals surface area contributed by atoms with Crippen molar-refractivity contribution >= 4 is 23.2 Å². The molecule has 3 aromatic rings. The number of aromatic amines is 1. The predicted molar refractivity (Wildman–Crippen MR) is 153 cm³/mol. The Balaban J connectivity index is 1.43. The molecule has 5 rings (SSSR count). The molecule has 0 atom stereocenters. The van der Waals surface area contributed by atoms with Crippen LogP contribution >= 0.6 is 0 Å². The van der Waals surface area contributed by atoms with E-state index in [2.05, 4.69) is 51.6 Å². The number of amides is 1. The summed E-state index contributed by atoms with van der Waals surface area (Å²) in [5, 5.41) is 25.8. The van der Waals surface area contributed by atoms with Crippen LogP contribution in [0.3, 0.4) is 0 Å². The molecule has 0 bridgehead atoms. The minimum Gasteiger partial charge on any atom is -0.494 e. The minimum absolute atomic E-state index is 0.0380. The SMILES string of the molecule is CCOc1cc2c(cc1CC(=O)NC)C(=N)N(CC(=O)c1cc3c(c(C(C)(C)C)c1)OCCN3Cc1nn[nH]n1)C2. The second-order valence-electron chi connectivity index (χ2n) is 11.2. The van der Waals surface area contributed by atoms with Gasteiger partial charge in [-0.15, -0.1) is 10.2 Å². The van der Waals surface area contributed by atoms with Crippen molar-refractivity contribution in [2.45, 2.75) is 52.6 Å². The van der Waals surface area contributed by atoms with E-state index in [0.29, 0.717) is 61.1 Å². The molecule has 0 saturated heterocycles. The van der Waals surface area contributed by atoms with E-state index < -0.39 is 0 Å². The number of hydrogen-bond acceptors (Lipinski definition) is 9. The van der Waals surface area contributed by atoms with E-state index in [-0.39, 0.29) is 35.9 Å². The lowest BCUT2D eigenvalue weighted by Crippen LogP contribution is -2.35. The van der Waals surface area contributed by atoms with Gasteiger partial charge in [-0.25, -0.2) is 0 Å². The highest BCUT2D eigenvalue weighted by Crippen LogP contribution is 2.42. The number of hydrogen-bond donors (Lipinski definition) is 3. The fourth-order valence-electron chi connectivity index (χ4n) is 5.24. The van der Waals surface area contributed by atoms with Crippen molar-refractivity contribution in [3.8, 4) is 11.5 Å². The minimum atomic E-state index is -0.275. The van der Waals surface area contributed by atoms with Crippen LogP contribution in [0.2, 0.25) is 0 Å². The first kappa shape index (κ1) is 28.1. The lowest BCUT2D eigenvalue weighted by atomic mass is 9.84. The third-order valence-corrected chi connectivity index (χ3v) is 7.35. The summed E-state index contributed by atoms with van der Waals surface area (Å²) in [6, 6.07) is 7.51. The van der Waals surface area contributed by atoms with Gasteiger partial charge in [0.15, 0.2) is 11.6 Å². The molecule has 12 nitrogen and oxygen atoms in total. The normalized spacial score (nSPS) is 14.4. The number of ketones is 1. The molecule has 0 aliphatic carbocycles. The molecule has 12 heteroatoms. The Morgan fingerprint density at radius 3 is 2.68 bits per heavy atom. The summed E-state index contributed by atoms with van der Waals surface area (Å²) in [4.78, 5) is 29.8. The zero-order valence-corrected chi connectivity index (χ0v) is 24.1. The van der Waals surface area contributed by atoms with Gasteiger partial charge in [-0.3, -0.25) is 15.0 Å². The summed E-state index contributed by atoms with van der Waals surface area (Å²) in [5.74, 6) is 1.96. The number of nitrogens with one attached hydrogen (secondary N) is 3. The first-order chi connectivity index (χ1) is 19.6. The maximum atomic E-state index is 13.8. The van der Waals surface area contributed by atoms with E-state index in [0.717, 1.165) is 22.6 Å². The van der Waals surface area contributed by atoms with Crippen LogP contribution < -0.4 is 19.7 Å². The third kappa shape index (κ3) is 5.72. The maximum absolute atomic E-state index is 13.8. The van der Waals surface area contributed by atoms with Crippen LogP contribution in [0.15, 0.2) is 24.3 Å². The number of nitrogens with zero attached hydrogens (tertiary/aromatic N) is 5. The number of rotatable bonds is 9. The standard InChI is InChI=1S/C29H36N8O4/c1-6-40-24-12-19-14-37(28(30)20(19)9-18(24)13-26(39)31-5)15-23(38)17-10-21(29(2,3)4)27-22(11-17)36(7-8-41-27)16-25-32-34-35-33-25/h9-12,30H,6-8,13-16H2,1-5H3,(H,31,39)(H,32,33,34,35). The Bertz CT molecular complexity index is 1480. The van der Waals surface area contributed by atoms with Gasteiger partial charge < -0.3 is 24.6 Å². The number of tetrazole rings is 1. The molecule has 0 radical (unpaired) electrons. The van der Waals surface area contributed by atoms with Gasteiger partial charge in [0, 0.05) is 35.8 Å². The van der Waals surface area contributed by atoms with Crippen LogP contribution in [0.25, 0.3) is 0 Å². The highest BCUT2D eigenvalue weighted by atomic mass is 16.5. The number of anilines is 1. The van der Waals surface area contributed by atoms with E-state index in [9.17, 15) is 9.59 Å².